The number of nitrogens with zero attached hydrogens (tertiary/aromatic N) is 3. The lowest BCUT2D eigenvalue weighted by Gasteiger charge is -2.29. The second kappa shape index (κ2) is 5.48. The molecule has 0 spiro atoms. The summed E-state index contributed by atoms with van der Waals surface area (Å²) in [7, 11) is 4.17. The van der Waals surface area contributed by atoms with Crippen molar-refractivity contribution < 1.29 is 0 Å². The molecule has 0 bridgehead atoms. The van der Waals surface area contributed by atoms with Gasteiger partial charge in [-0.3, -0.25) is 0 Å². The molecule has 1 heterocycles. The molecule has 2 aromatic rings. The normalized spacial score (nSPS) is 13.1. The number of aromatic amines is 1. The summed E-state index contributed by atoms with van der Waals surface area (Å²) in [5.41, 5.74) is 8.51. The highest BCUT2D eigenvalue weighted by atomic mass is 15.3. The predicted octanol–water partition coefficient (Wildman–Crippen LogP) is 1.92. The zero-order valence-electron chi connectivity index (χ0n) is 12.1. The minimum atomic E-state index is 0.401. The van der Waals surface area contributed by atoms with Gasteiger partial charge in [0.1, 0.15) is 0 Å². The largest absolute Gasteiger partial charge is 0.399 e. The van der Waals surface area contributed by atoms with Crippen LogP contribution in [0.25, 0.3) is 11.0 Å². The molecule has 0 amide bonds. The maximum absolute atomic E-state index is 5.80. The van der Waals surface area contributed by atoms with Gasteiger partial charge in [0, 0.05) is 24.8 Å². The van der Waals surface area contributed by atoms with Crippen LogP contribution in [0.5, 0.6) is 0 Å². The average Bonchev–Trinajstić information content (AvgIpc) is 2.71. The van der Waals surface area contributed by atoms with Crippen molar-refractivity contribution in [3.8, 4) is 0 Å². The summed E-state index contributed by atoms with van der Waals surface area (Å²) in [4.78, 5) is 12.5. The number of nitrogens with one attached hydrogen (secondary N) is 1. The van der Waals surface area contributed by atoms with Crippen LogP contribution in [0, 0.1) is 0 Å². The van der Waals surface area contributed by atoms with Gasteiger partial charge < -0.3 is 20.5 Å². The summed E-state index contributed by atoms with van der Waals surface area (Å²) in [6.45, 7) is 6.27. The quantitative estimate of drug-likeness (QED) is 0.807. The van der Waals surface area contributed by atoms with E-state index in [9.17, 15) is 0 Å². The molecule has 1 aromatic heterocycles. The van der Waals surface area contributed by atoms with E-state index in [0.717, 1.165) is 35.8 Å². The molecular formula is C14H23N5. The molecule has 19 heavy (non-hydrogen) atoms. The van der Waals surface area contributed by atoms with Crippen LogP contribution in [0.1, 0.15) is 13.8 Å². The minimum Gasteiger partial charge on any atom is -0.399 e. The fourth-order valence-electron chi connectivity index (χ4n) is 2.45. The van der Waals surface area contributed by atoms with Crippen molar-refractivity contribution in [3.63, 3.8) is 0 Å². The lowest BCUT2D eigenvalue weighted by molar-refractivity contribution is 0.371. The number of imidazole rings is 1. The number of aromatic nitrogens is 2. The van der Waals surface area contributed by atoms with Gasteiger partial charge in [-0.2, -0.15) is 0 Å². The monoisotopic (exact) mass is 261 g/mol. The van der Waals surface area contributed by atoms with Crippen molar-refractivity contribution in [3.05, 3.63) is 18.2 Å². The van der Waals surface area contributed by atoms with E-state index in [1.807, 2.05) is 18.2 Å². The first-order valence-electron chi connectivity index (χ1n) is 6.68. The first-order valence-corrected chi connectivity index (χ1v) is 6.68. The topological polar surface area (TPSA) is 61.2 Å². The molecule has 1 unspecified atom stereocenters. The molecule has 3 N–H and O–H groups in total. The van der Waals surface area contributed by atoms with Crippen LogP contribution in [-0.4, -0.2) is 48.1 Å². The molecule has 0 radical (unpaired) electrons. The van der Waals surface area contributed by atoms with Gasteiger partial charge in [0.15, 0.2) is 0 Å². The Kier molecular flexibility index (Phi) is 3.95. The lowest BCUT2D eigenvalue weighted by atomic mass is 10.3. The number of rotatable bonds is 5. The van der Waals surface area contributed by atoms with E-state index in [1.165, 1.54) is 0 Å². The van der Waals surface area contributed by atoms with E-state index in [4.69, 9.17) is 5.73 Å². The molecular weight excluding hydrogens is 238 g/mol. The van der Waals surface area contributed by atoms with Gasteiger partial charge in [0.2, 0.25) is 5.95 Å². The van der Waals surface area contributed by atoms with Crippen molar-refractivity contribution >= 4 is 22.7 Å². The SMILES string of the molecule is CCN(c1nc2ccc(N)cc2[nH]1)C(C)CN(C)C. The third-order valence-electron chi connectivity index (χ3n) is 3.27. The number of anilines is 2. The van der Waals surface area contributed by atoms with E-state index in [2.05, 4.69) is 47.7 Å². The first-order chi connectivity index (χ1) is 9.01. The number of fused-ring (bicyclic) bond motifs is 1. The number of benzene rings is 1. The number of H-pyrrole nitrogens is 1. The molecule has 0 aliphatic rings. The van der Waals surface area contributed by atoms with Crippen LogP contribution in [0.3, 0.4) is 0 Å². The van der Waals surface area contributed by atoms with Gasteiger partial charge in [0.05, 0.1) is 11.0 Å². The second-order valence-corrected chi connectivity index (χ2v) is 5.23. The van der Waals surface area contributed by atoms with E-state index in [1.54, 1.807) is 0 Å². The average molecular weight is 261 g/mol. The fraction of sp³-hybridized carbons (Fsp3) is 0.500. The van der Waals surface area contributed by atoms with Gasteiger partial charge in [-0.1, -0.05) is 0 Å². The zero-order valence-corrected chi connectivity index (χ0v) is 12.1. The Bertz CT molecular complexity index is 546. The highest BCUT2D eigenvalue weighted by Gasteiger charge is 2.17. The molecule has 0 saturated heterocycles. The van der Waals surface area contributed by atoms with Crippen molar-refractivity contribution in [2.24, 2.45) is 0 Å². The van der Waals surface area contributed by atoms with Crippen LogP contribution in [0.4, 0.5) is 11.6 Å². The van der Waals surface area contributed by atoms with Crippen LogP contribution in [0.15, 0.2) is 18.2 Å². The Morgan fingerprint density at radius 3 is 2.74 bits per heavy atom. The Morgan fingerprint density at radius 2 is 2.11 bits per heavy atom. The maximum Gasteiger partial charge on any atom is 0.204 e. The molecule has 0 fully saturated rings. The van der Waals surface area contributed by atoms with Gasteiger partial charge >= 0.3 is 0 Å². The Hall–Kier alpha value is -1.75. The molecule has 5 nitrogen and oxygen atoms in total. The van der Waals surface area contributed by atoms with Crippen molar-refractivity contribution in [1.82, 2.24) is 14.9 Å². The molecule has 0 saturated carbocycles. The van der Waals surface area contributed by atoms with E-state index in [0.29, 0.717) is 6.04 Å². The van der Waals surface area contributed by atoms with Gasteiger partial charge in [-0.25, -0.2) is 4.98 Å². The van der Waals surface area contributed by atoms with Crippen LogP contribution in [0.2, 0.25) is 0 Å². The first kappa shape index (κ1) is 13.7. The Morgan fingerprint density at radius 1 is 1.37 bits per heavy atom. The number of nitrogens with two attached hydrogens (primary N) is 1. The minimum absolute atomic E-state index is 0.401. The van der Waals surface area contributed by atoms with Crippen LogP contribution < -0.4 is 10.6 Å². The predicted molar refractivity (Wildman–Crippen MR) is 81.5 cm³/mol. The zero-order chi connectivity index (χ0) is 14.0. The molecule has 2 rings (SSSR count). The summed E-state index contributed by atoms with van der Waals surface area (Å²) in [6, 6.07) is 6.16. The Balaban J connectivity index is 2.30. The highest BCUT2D eigenvalue weighted by molar-refractivity contribution is 5.80. The van der Waals surface area contributed by atoms with E-state index in [-0.39, 0.29) is 0 Å². The van der Waals surface area contributed by atoms with Crippen molar-refractivity contribution in [2.45, 2.75) is 19.9 Å². The number of likely N-dealkylation sites (N-methyl/N-ethyl adjacent to an activating group) is 2. The van der Waals surface area contributed by atoms with Gasteiger partial charge in [-0.15, -0.1) is 0 Å². The fourth-order valence-corrected chi connectivity index (χ4v) is 2.45. The molecule has 1 atom stereocenters. The number of hydrogen-bond acceptors (Lipinski definition) is 4. The highest BCUT2D eigenvalue weighted by Crippen LogP contribution is 2.21. The number of nitrogen functional groups attached to an aromatic ring is 1. The third-order valence-corrected chi connectivity index (χ3v) is 3.27. The number of hydrogen-bond donors (Lipinski definition) is 2. The maximum atomic E-state index is 5.80. The summed E-state index contributed by atoms with van der Waals surface area (Å²) in [5, 5.41) is 0. The standard InChI is InChI=1S/C14H23N5/c1-5-19(10(2)9-18(3)4)14-16-12-7-6-11(15)8-13(12)17-14/h6-8,10H,5,9,15H2,1-4H3,(H,16,17). The summed E-state index contributed by atoms with van der Waals surface area (Å²) >= 11 is 0. The molecule has 0 aliphatic heterocycles. The summed E-state index contributed by atoms with van der Waals surface area (Å²) < 4.78 is 0. The van der Waals surface area contributed by atoms with Gasteiger partial charge in [-0.05, 0) is 46.1 Å². The second-order valence-electron chi connectivity index (χ2n) is 5.23. The summed E-state index contributed by atoms with van der Waals surface area (Å²) in [5.74, 6) is 0.914. The summed E-state index contributed by atoms with van der Waals surface area (Å²) in [6.07, 6.45) is 0. The van der Waals surface area contributed by atoms with E-state index < -0.39 is 0 Å². The van der Waals surface area contributed by atoms with Gasteiger partial charge in [0.25, 0.3) is 0 Å². The Labute approximate surface area is 114 Å². The van der Waals surface area contributed by atoms with Crippen molar-refractivity contribution in [2.75, 3.05) is 37.8 Å². The van der Waals surface area contributed by atoms with Crippen LogP contribution in [-0.2, 0) is 0 Å². The lowest BCUT2D eigenvalue weighted by Crippen LogP contribution is -2.40. The van der Waals surface area contributed by atoms with Crippen LogP contribution >= 0.6 is 0 Å². The van der Waals surface area contributed by atoms with E-state index >= 15 is 0 Å². The molecule has 1 aromatic carbocycles. The third kappa shape index (κ3) is 2.98. The van der Waals surface area contributed by atoms with Crippen molar-refractivity contribution in [1.29, 1.82) is 0 Å². The smallest absolute Gasteiger partial charge is 0.204 e. The molecule has 0 aliphatic carbocycles. The molecule has 104 valence electrons. The molecule has 5 heteroatoms.